The van der Waals surface area contributed by atoms with Gasteiger partial charge < -0.3 is 14.4 Å². The van der Waals surface area contributed by atoms with E-state index in [1.54, 1.807) is 19.2 Å². The molecule has 0 aliphatic carbocycles. The zero-order chi connectivity index (χ0) is 11.5. The van der Waals surface area contributed by atoms with Crippen LogP contribution in [-0.2, 0) is 6.42 Å². The molecule has 0 saturated heterocycles. The van der Waals surface area contributed by atoms with E-state index >= 15 is 0 Å². The molecular formula is C12H13NO3. The Morgan fingerprint density at radius 3 is 2.81 bits per heavy atom. The van der Waals surface area contributed by atoms with Crippen LogP contribution in [0, 0.1) is 0 Å². The van der Waals surface area contributed by atoms with Crippen molar-refractivity contribution in [1.82, 2.24) is 5.16 Å². The highest BCUT2D eigenvalue weighted by molar-refractivity contribution is 5.69. The number of phenols is 1. The van der Waals surface area contributed by atoms with E-state index in [4.69, 9.17) is 9.26 Å². The van der Waals surface area contributed by atoms with Gasteiger partial charge in [-0.25, -0.2) is 0 Å². The molecule has 0 amide bonds. The van der Waals surface area contributed by atoms with E-state index in [1.807, 2.05) is 13.0 Å². The minimum atomic E-state index is 0.142. The van der Waals surface area contributed by atoms with Gasteiger partial charge in [-0.15, -0.1) is 0 Å². The van der Waals surface area contributed by atoms with Gasteiger partial charge in [0.25, 0.3) is 0 Å². The van der Waals surface area contributed by atoms with Gasteiger partial charge in [0.2, 0.25) is 0 Å². The summed E-state index contributed by atoms with van der Waals surface area (Å²) in [6, 6.07) is 5.18. The van der Waals surface area contributed by atoms with Crippen LogP contribution in [-0.4, -0.2) is 17.4 Å². The van der Waals surface area contributed by atoms with Gasteiger partial charge in [0, 0.05) is 17.7 Å². The Kier molecular flexibility index (Phi) is 2.81. The van der Waals surface area contributed by atoms with Gasteiger partial charge in [-0.2, -0.15) is 0 Å². The molecule has 1 aromatic carbocycles. The fourth-order valence-electron chi connectivity index (χ4n) is 1.64. The van der Waals surface area contributed by atoms with Crippen LogP contribution in [0.1, 0.15) is 12.5 Å². The van der Waals surface area contributed by atoms with E-state index in [0.717, 1.165) is 12.0 Å². The van der Waals surface area contributed by atoms with Crippen LogP contribution in [0.25, 0.3) is 11.3 Å². The Bertz CT molecular complexity index is 477. The molecule has 84 valence electrons. The Hall–Kier alpha value is -1.97. The van der Waals surface area contributed by atoms with Crippen LogP contribution in [0.3, 0.4) is 0 Å². The van der Waals surface area contributed by atoms with E-state index in [2.05, 4.69) is 5.16 Å². The molecule has 1 heterocycles. The number of hydrogen-bond donors (Lipinski definition) is 1. The smallest absolute Gasteiger partial charge is 0.128 e. The second-order valence-corrected chi connectivity index (χ2v) is 3.42. The fourth-order valence-corrected chi connectivity index (χ4v) is 1.64. The first-order chi connectivity index (χ1) is 7.76. The number of aryl methyl sites for hydroxylation is 1. The maximum atomic E-state index is 9.85. The molecule has 0 aliphatic rings. The fraction of sp³-hybridized carbons (Fsp3) is 0.250. The molecule has 2 aromatic rings. The van der Waals surface area contributed by atoms with Crippen LogP contribution in [0.15, 0.2) is 29.0 Å². The first kappa shape index (κ1) is 10.5. The first-order valence-corrected chi connectivity index (χ1v) is 5.07. The topological polar surface area (TPSA) is 55.5 Å². The van der Waals surface area contributed by atoms with E-state index in [0.29, 0.717) is 17.0 Å². The predicted molar refractivity (Wildman–Crippen MR) is 59.5 cm³/mol. The standard InChI is InChI=1S/C12H13NO3/c1-3-8-6-9(10-4-5-16-13-10)11(14)7-12(8)15-2/h4-7,14H,3H2,1-2H3. The Labute approximate surface area is 93.5 Å². The normalized spacial score (nSPS) is 10.4. The molecule has 0 unspecified atom stereocenters. The molecular weight excluding hydrogens is 206 g/mol. The van der Waals surface area contributed by atoms with Gasteiger partial charge in [0.15, 0.2) is 0 Å². The molecule has 0 atom stereocenters. The lowest BCUT2D eigenvalue weighted by Gasteiger charge is -2.09. The van der Waals surface area contributed by atoms with Crippen molar-refractivity contribution in [3.05, 3.63) is 30.0 Å². The Morgan fingerprint density at radius 2 is 2.25 bits per heavy atom. The van der Waals surface area contributed by atoms with Crippen molar-refractivity contribution in [3.63, 3.8) is 0 Å². The third-order valence-electron chi connectivity index (χ3n) is 2.49. The average molecular weight is 219 g/mol. The maximum Gasteiger partial charge on any atom is 0.128 e. The van der Waals surface area contributed by atoms with Crippen molar-refractivity contribution in [1.29, 1.82) is 0 Å². The van der Waals surface area contributed by atoms with Crippen molar-refractivity contribution in [2.75, 3.05) is 7.11 Å². The average Bonchev–Trinajstić information content (AvgIpc) is 2.82. The van der Waals surface area contributed by atoms with Crippen molar-refractivity contribution in [2.24, 2.45) is 0 Å². The third kappa shape index (κ3) is 1.74. The van der Waals surface area contributed by atoms with Gasteiger partial charge in [0.05, 0.1) is 7.11 Å². The molecule has 4 heteroatoms. The summed E-state index contributed by atoms with van der Waals surface area (Å²) in [4.78, 5) is 0. The van der Waals surface area contributed by atoms with Gasteiger partial charge in [0.1, 0.15) is 23.5 Å². The lowest BCUT2D eigenvalue weighted by Crippen LogP contribution is -1.92. The molecule has 0 saturated carbocycles. The van der Waals surface area contributed by atoms with E-state index in [1.165, 1.54) is 6.26 Å². The SMILES string of the molecule is CCc1cc(-c2ccon2)c(O)cc1OC. The molecule has 0 bridgehead atoms. The van der Waals surface area contributed by atoms with Gasteiger partial charge in [-0.1, -0.05) is 12.1 Å². The lowest BCUT2D eigenvalue weighted by atomic mass is 10.0. The van der Waals surface area contributed by atoms with Crippen molar-refractivity contribution < 1.29 is 14.4 Å². The number of ether oxygens (including phenoxy) is 1. The second-order valence-electron chi connectivity index (χ2n) is 3.42. The zero-order valence-electron chi connectivity index (χ0n) is 9.23. The highest BCUT2D eigenvalue weighted by atomic mass is 16.5. The Morgan fingerprint density at radius 1 is 1.44 bits per heavy atom. The second kappa shape index (κ2) is 4.26. The number of aromatic nitrogens is 1. The summed E-state index contributed by atoms with van der Waals surface area (Å²) in [6.07, 6.45) is 2.30. The van der Waals surface area contributed by atoms with E-state index in [-0.39, 0.29) is 5.75 Å². The molecule has 1 aromatic heterocycles. The summed E-state index contributed by atoms with van der Waals surface area (Å²) in [5, 5.41) is 13.7. The quantitative estimate of drug-likeness (QED) is 0.862. The van der Waals surface area contributed by atoms with Crippen molar-refractivity contribution in [2.45, 2.75) is 13.3 Å². The summed E-state index contributed by atoms with van der Waals surface area (Å²) in [5.74, 6) is 0.829. The molecule has 4 nitrogen and oxygen atoms in total. The number of benzene rings is 1. The summed E-state index contributed by atoms with van der Waals surface area (Å²) in [5.41, 5.74) is 2.31. The summed E-state index contributed by atoms with van der Waals surface area (Å²) in [6.45, 7) is 2.03. The number of nitrogens with zero attached hydrogens (tertiary/aromatic N) is 1. The van der Waals surface area contributed by atoms with Crippen LogP contribution < -0.4 is 4.74 Å². The molecule has 16 heavy (non-hydrogen) atoms. The van der Waals surface area contributed by atoms with Gasteiger partial charge in [-0.05, 0) is 18.1 Å². The number of aromatic hydroxyl groups is 1. The maximum absolute atomic E-state index is 9.85. The summed E-state index contributed by atoms with van der Waals surface area (Å²) in [7, 11) is 1.59. The number of phenolic OH excluding ortho intramolecular Hbond substituents is 1. The lowest BCUT2D eigenvalue weighted by molar-refractivity contribution is 0.403. The van der Waals surface area contributed by atoms with Crippen LogP contribution >= 0.6 is 0 Å². The molecule has 0 aliphatic heterocycles. The largest absolute Gasteiger partial charge is 0.507 e. The third-order valence-corrected chi connectivity index (χ3v) is 2.49. The van der Waals surface area contributed by atoms with Crippen molar-refractivity contribution in [3.8, 4) is 22.8 Å². The van der Waals surface area contributed by atoms with Crippen molar-refractivity contribution >= 4 is 0 Å². The molecule has 2 rings (SSSR count). The van der Waals surface area contributed by atoms with Crippen LogP contribution in [0.5, 0.6) is 11.5 Å². The van der Waals surface area contributed by atoms with Gasteiger partial charge in [-0.3, -0.25) is 0 Å². The first-order valence-electron chi connectivity index (χ1n) is 5.07. The minimum absolute atomic E-state index is 0.142. The van der Waals surface area contributed by atoms with Crippen LogP contribution in [0.2, 0.25) is 0 Å². The predicted octanol–water partition coefficient (Wildman–Crippen LogP) is 2.62. The number of rotatable bonds is 3. The molecule has 0 radical (unpaired) electrons. The minimum Gasteiger partial charge on any atom is -0.507 e. The summed E-state index contributed by atoms with van der Waals surface area (Å²) < 4.78 is 9.95. The molecule has 0 fully saturated rings. The highest BCUT2D eigenvalue weighted by Gasteiger charge is 2.12. The van der Waals surface area contributed by atoms with E-state index < -0.39 is 0 Å². The van der Waals surface area contributed by atoms with Crippen LogP contribution in [0.4, 0.5) is 0 Å². The zero-order valence-corrected chi connectivity index (χ0v) is 9.23. The number of hydrogen-bond acceptors (Lipinski definition) is 4. The molecule has 0 spiro atoms. The molecule has 1 N–H and O–H groups in total. The summed E-state index contributed by atoms with van der Waals surface area (Å²) >= 11 is 0. The highest BCUT2D eigenvalue weighted by Crippen LogP contribution is 2.34. The monoisotopic (exact) mass is 219 g/mol. The van der Waals surface area contributed by atoms with E-state index in [9.17, 15) is 5.11 Å². The Balaban J connectivity index is 2.55. The number of methoxy groups -OCH3 is 1. The van der Waals surface area contributed by atoms with Gasteiger partial charge >= 0.3 is 0 Å².